The molecule has 96 valence electrons. The van der Waals surface area contributed by atoms with Crippen molar-refractivity contribution in [3.8, 4) is 0 Å². The molecule has 0 aliphatic carbocycles. The van der Waals surface area contributed by atoms with Gasteiger partial charge in [-0.15, -0.1) is 0 Å². The van der Waals surface area contributed by atoms with E-state index in [1.54, 1.807) is 12.4 Å². The average molecular weight is 266 g/mol. The number of aryl methyl sites for hydroxylation is 1. The first-order valence-corrected chi connectivity index (χ1v) is 6.41. The minimum Gasteiger partial charge on any atom is -0.360 e. The third-order valence-corrected chi connectivity index (χ3v) is 2.88. The summed E-state index contributed by atoms with van der Waals surface area (Å²) in [5.41, 5.74) is 0. The van der Waals surface area contributed by atoms with E-state index < -0.39 is 0 Å². The third kappa shape index (κ3) is 3.52. The highest BCUT2D eigenvalue weighted by molar-refractivity contribution is 7.09. The molecule has 3 N–H and O–H groups in total. The van der Waals surface area contributed by atoms with Crippen LogP contribution in [-0.2, 0) is 11.2 Å². The van der Waals surface area contributed by atoms with Gasteiger partial charge in [0.2, 0.25) is 17.0 Å². The second-order valence-corrected chi connectivity index (χ2v) is 4.28. The zero-order chi connectivity index (χ0) is 12.8. The summed E-state index contributed by atoms with van der Waals surface area (Å²) in [4.78, 5) is 22.5. The number of anilines is 2. The molecule has 0 spiro atoms. The molecule has 2 aromatic rings. The summed E-state index contributed by atoms with van der Waals surface area (Å²) >= 11 is 1.31. The minimum atomic E-state index is -0.0994. The van der Waals surface area contributed by atoms with Crippen LogP contribution in [0.3, 0.4) is 0 Å². The fraction of sp³-hybridized carbons (Fsp3) is 0.400. The number of carbonyl (C=O) groups excluding carboxylic acids is 1. The lowest BCUT2D eigenvalue weighted by molar-refractivity contribution is -0.116. The Kier molecular flexibility index (Phi) is 4.24. The first-order valence-electron chi connectivity index (χ1n) is 5.63. The van der Waals surface area contributed by atoms with Crippen molar-refractivity contribution in [3.63, 3.8) is 0 Å². The zero-order valence-corrected chi connectivity index (χ0v) is 10.8. The van der Waals surface area contributed by atoms with E-state index in [4.69, 9.17) is 0 Å². The normalized spacial score (nSPS) is 10.3. The van der Waals surface area contributed by atoms with Crippen LogP contribution in [0.2, 0.25) is 0 Å². The van der Waals surface area contributed by atoms with Crippen LogP contribution in [0.1, 0.15) is 19.2 Å². The Balaban J connectivity index is 1.70. The Morgan fingerprint density at radius 2 is 2.44 bits per heavy atom. The molecular formula is C10H14N6OS. The van der Waals surface area contributed by atoms with Crippen LogP contribution in [0.5, 0.6) is 0 Å². The maximum Gasteiger partial charge on any atom is 0.228 e. The van der Waals surface area contributed by atoms with E-state index >= 15 is 0 Å². The highest BCUT2D eigenvalue weighted by atomic mass is 32.1. The molecule has 7 nitrogen and oxygen atoms in total. The zero-order valence-electron chi connectivity index (χ0n) is 9.93. The Labute approximate surface area is 108 Å². The lowest BCUT2D eigenvalue weighted by atomic mass is 10.4. The summed E-state index contributed by atoms with van der Waals surface area (Å²) in [6.45, 7) is 2.52. The summed E-state index contributed by atoms with van der Waals surface area (Å²) in [6.07, 6.45) is 4.40. The van der Waals surface area contributed by atoms with Crippen LogP contribution in [0.4, 0.5) is 11.1 Å². The Bertz CT molecular complexity index is 494. The van der Waals surface area contributed by atoms with Gasteiger partial charge in [-0.25, -0.2) is 9.97 Å². The van der Waals surface area contributed by atoms with Crippen molar-refractivity contribution >= 4 is 28.5 Å². The number of imidazole rings is 1. The highest BCUT2D eigenvalue weighted by Gasteiger charge is 2.05. The van der Waals surface area contributed by atoms with Gasteiger partial charge in [0.05, 0.1) is 0 Å². The number of aromatic amines is 1. The summed E-state index contributed by atoms with van der Waals surface area (Å²) in [5, 5.41) is 6.46. The lowest BCUT2D eigenvalue weighted by Gasteiger charge is -2.02. The number of hydrogen-bond donors (Lipinski definition) is 3. The summed E-state index contributed by atoms with van der Waals surface area (Å²) in [7, 11) is 0. The number of nitrogens with one attached hydrogen (secondary N) is 3. The van der Waals surface area contributed by atoms with E-state index in [9.17, 15) is 4.79 Å². The number of amides is 1. The van der Waals surface area contributed by atoms with Crippen LogP contribution < -0.4 is 10.6 Å². The highest BCUT2D eigenvalue weighted by Crippen LogP contribution is 2.10. The van der Waals surface area contributed by atoms with Crippen LogP contribution in [0.15, 0.2) is 12.4 Å². The van der Waals surface area contributed by atoms with Crippen molar-refractivity contribution in [3.05, 3.63) is 18.2 Å². The van der Waals surface area contributed by atoms with E-state index in [-0.39, 0.29) is 5.91 Å². The van der Waals surface area contributed by atoms with Crippen molar-refractivity contribution in [1.82, 2.24) is 19.3 Å². The van der Waals surface area contributed by atoms with Crippen LogP contribution in [0.25, 0.3) is 0 Å². The molecule has 0 bridgehead atoms. The van der Waals surface area contributed by atoms with E-state index in [1.807, 2.05) is 6.92 Å². The van der Waals surface area contributed by atoms with Crippen molar-refractivity contribution < 1.29 is 4.79 Å². The number of H-pyrrole nitrogens is 1. The van der Waals surface area contributed by atoms with Gasteiger partial charge in [-0.2, -0.15) is 4.37 Å². The second-order valence-electron chi connectivity index (χ2n) is 3.53. The first-order chi connectivity index (χ1) is 8.78. The standard InChI is InChI=1S/C10H14N6OS/c1-2-7-14-10(18-16-7)13-4-3-8(17)15-9-11-5-6-12-9/h5-6H,2-4H2,1H3,(H,13,14,16)(H2,11,12,15,17). The Morgan fingerprint density at radius 3 is 3.11 bits per heavy atom. The van der Waals surface area contributed by atoms with Crippen LogP contribution >= 0.6 is 11.5 Å². The maximum absolute atomic E-state index is 11.5. The topological polar surface area (TPSA) is 95.6 Å². The molecule has 0 aromatic carbocycles. The first kappa shape index (κ1) is 12.5. The van der Waals surface area contributed by atoms with Gasteiger partial charge in [0.1, 0.15) is 5.82 Å². The molecule has 8 heteroatoms. The molecule has 1 amide bonds. The monoisotopic (exact) mass is 266 g/mol. The predicted octanol–water partition coefficient (Wildman–Crippen LogP) is 1.26. The van der Waals surface area contributed by atoms with Crippen molar-refractivity contribution in [2.75, 3.05) is 17.2 Å². The predicted molar refractivity (Wildman–Crippen MR) is 69.6 cm³/mol. The number of hydrogen-bond acceptors (Lipinski definition) is 6. The molecule has 2 heterocycles. The quantitative estimate of drug-likeness (QED) is 0.731. The molecule has 0 atom stereocenters. The summed E-state index contributed by atoms with van der Waals surface area (Å²) in [6, 6.07) is 0. The largest absolute Gasteiger partial charge is 0.360 e. The van der Waals surface area contributed by atoms with Crippen molar-refractivity contribution in [1.29, 1.82) is 0 Å². The van der Waals surface area contributed by atoms with Crippen molar-refractivity contribution in [2.24, 2.45) is 0 Å². The van der Waals surface area contributed by atoms with Crippen LogP contribution in [-0.4, -0.2) is 31.8 Å². The van der Waals surface area contributed by atoms with Crippen molar-refractivity contribution in [2.45, 2.75) is 19.8 Å². The molecule has 0 radical (unpaired) electrons. The second kappa shape index (κ2) is 6.10. The fourth-order valence-corrected chi connectivity index (χ4v) is 1.96. The number of aromatic nitrogens is 4. The van der Waals surface area contributed by atoms with Gasteiger partial charge in [0.15, 0.2) is 0 Å². The molecule has 2 rings (SSSR count). The van der Waals surface area contributed by atoms with Gasteiger partial charge in [0.25, 0.3) is 0 Å². The van der Waals surface area contributed by atoms with E-state index in [0.29, 0.717) is 18.9 Å². The molecule has 0 saturated heterocycles. The number of rotatable bonds is 6. The van der Waals surface area contributed by atoms with Gasteiger partial charge in [-0.3, -0.25) is 10.1 Å². The molecular weight excluding hydrogens is 252 g/mol. The van der Waals surface area contributed by atoms with E-state index in [1.165, 1.54) is 11.5 Å². The lowest BCUT2D eigenvalue weighted by Crippen LogP contribution is -2.16. The van der Waals surface area contributed by atoms with Gasteiger partial charge in [-0.1, -0.05) is 6.92 Å². The summed E-state index contributed by atoms with van der Waals surface area (Å²) in [5.74, 6) is 1.18. The molecule has 18 heavy (non-hydrogen) atoms. The number of carbonyl (C=O) groups is 1. The number of nitrogens with zero attached hydrogens (tertiary/aromatic N) is 3. The Morgan fingerprint density at radius 1 is 1.56 bits per heavy atom. The molecule has 0 saturated carbocycles. The third-order valence-electron chi connectivity index (χ3n) is 2.17. The van der Waals surface area contributed by atoms with Gasteiger partial charge < -0.3 is 10.3 Å². The fourth-order valence-electron chi connectivity index (χ4n) is 1.28. The Hall–Kier alpha value is -1.96. The molecule has 0 fully saturated rings. The molecule has 0 unspecified atom stereocenters. The van der Waals surface area contributed by atoms with Gasteiger partial charge >= 0.3 is 0 Å². The average Bonchev–Trinajstić information content (AvgIpc) is 3.00. The van der Waals surface area contributed by atoms with Crippen LogP contribution in [0, 0.1) is 0 Å². The maximum atomic E-state index is 11.5. The van der Waals surface area contributed by atoms with E-state index in [2.05, 4.69) is 30.0 Å². The summed E-state index contributed by atoms with van der Waals surface area (Å²) < 4.78 is 4.15. The van der Waals surface area contributed by atoms with Gasteiger partial charge in [0, 0.05) is 43.3 Å². The molecule has 0 aliphatic rings. The minimum absolute atomic E-state index is 0.0994. The molecule has 0 aliphatic heterocycles. The SMILES string of the molecule is CCc1nsc(NCCC(=O)Nc2ncc[nH]2)n1. The van der Waals surface area contributed by atoms with E-state index in [0.717, 1.165) is 17.4 Å². The van der Waals surface area contributed by atoms with Gasteiger partial charge in [-0.05, 0) is 0 Å². The smallest absolute Gasteiger partial charge is 0.228 e. The molecule has 2 aromatic heterocycles.